The molecular weight excluding hydrogens is 448 g/mol. The van der Waals surface area contributed by atoms with Crippen LogP contribution in [0.25, 0.3) is 11.1 Å². The van der Waals surface area contributed by atoms with Crippen LogP contribution >= 0.6 is 15.9 Å². The second-order valence-electron chi connectivity index (χ2n) is 7.08. The second kappa shape index (κ2) is 8.67. The van der Waals surface area contributed by atoms with E-state index in [9.17, 15) is 14.7 Å². The third-order valence-electron chi connectivity index (χ3n) is 5.14. The van der Waals surface area contributed by atoms with Gasteiger partial charge >= 0.3 is 12.1 Å². The smallest absolute Gasteiger partial charge is 0.407 e. The van der Waals surface area contributed by atoms with Crippen molar-refractivity contribution in [3.63, 3.8) is 0 Å². The molecule has 1 aliphatic rings. The molecule has 2 aromatic carbocycles. The van der Waals surface area contributed by atoms with Crippen LogP contribution in [0.5, 0.6) is 0 Å². The molecule has 6 nitrogen and oxygen atoms in total. The quantitative estimate of drug-likeness (QED) is 0.562. The van der Waals surface area contributed by atoms with Crippen LogP contribution in [0.2, 0.25) is 0 Å². The lowest BCUT2D eigenvalue weighted by atomic mass is 9.98. The highest BCUT2D eigenvalue weighted by atomic mass is 79.9. The number of fused-ring (bicyclic) bond motifs is 3. The van der Waals surface area contributed by atoms with Crippen LogP contribution in [-0.2, 0) is 16.0 Å². The van der Waals surface area contributed by atoms with Crippen molar-refractivity contribution >= 4 is 28.0 Å². The minimum absolute atomic E-state index is 0.0827. The summed E-state index contributed by atoms with van der Waals surface area (Å²) in [4.78, 5) is 28.0. The third-order valence-corrected chi connectivity index (χ3v) is 5.57. The van der Waals surface area contributed by atoms with E-state index >= 15 is 0 Å². The largest absolute Gasteiger partial charge is 0.480 e. The Morgan fingerprint density at radius 1 is 1.07 bits per heavy atom. The predicted molar refractivity (Wildman–Crippen MR) is 115 cm³/mol. The van der Waals surface area contributed by atoms with Gasteiger partial charge in [0, 0.05) is 29.2 Å². The van der Waals surface area contributed by atoms with Crippen molar-refractivity contribution in [2.45, 2.75) is 18.4 Å². The van der Waals surface area contributed by atoms with E-state index in [1.165, 1.54) is 0 Å². The number of carbonyl (C=O) groups is 2. The van der Waals surface area contributed by atoms with Gasteiger partial charge in [0.25, 0.3) is 0 Å². The number of halogens is 1. The summed E-state index contributed by atoms with van der Waals surface area (Å²) in [6.07, 6.45) is 2.52. The molecule has 7 heteroatoms. The van der Waals surface area contributed by atoms with Gasteiger partial charge in [-0.2, -0.15) is 0 Å². The Kier molecular flexibility index (Phi) is 5.81. The van der Waals surface area contributed by atoms with Crippen molar-refractivity contribution in [1.29, 1.82) is 0 Å². The van der Waals surface area contributed by atoms with Gasteiger partial charge in [0.1, 0.15) is 12.6 Å². The van der Waals surface area contributed by atoms with Gasteiger partial charge in [-0.25, -0.2) is 9.59 Å². The Bertz CT molecular complexity index is 1060. The summed E-state index contributed by atoms with van der Waals surface area (Å²) < 4.78 is 6.18. The van der Waals surface area contributed by atoms with Crippen LogP contribution < -0.4 is 5.32 Å². The number of hydrogen-bond acceptors (Lipinski definition) is 4. The van der Waals surface area contributed by atoms with Gasteiger partial charge in [0.05, 0.1) is 0 Å². The van der Waals surface area contributed by atoms with Gasteiger partial charge in [0.2, 0.25) is 0 Å². The first-order valence-corrected chi connectivity index (χ1v) is 10.3. The zero-order valence-corrected chi connectivity index (χ0v) is 17.5. The number of ether oxygens (including phenoxy) is 1. The molecule has 0 aliphatic heterocycles. The van der Waals surface area contributed by atoms with Gasteiger partial charge in [-0.15, -0.1) is 0 Å². The summed E-state index contributed by atoms with van der Waals surface area (Å²) in [5.74, 6) is -1.22. The first-order chi connectivity index (χ1) is 14.5. The Morgan fingerprint density at radius 2 is 1.70 bits per heavy atom. The van der Waals surface area contributed by atoms with Gasteiger partial charge in [-0.1, -0.05) is 48.5 Å². The van der Waals surface area contributed by atoms with Gasteiger partial charge in [-0.3, -0.25) is 4.98 Å². The van der Waals surface area contributed by atoms with Crippen LogP contribution in [-0.4, -0.2) is 34.8 Å². The van der Waals surface area contributed by atoms with Crippen molar-refractivity contribution in [1.82, 2.24) is 10.3 Å². The SMILES string of the molecule is O=C(NC(Cc1cncc(Br)c1)C(=O)O)OCC1c2ccccc2-c2ccccc21. The van der Waals surface area contributed by atoms with Crippen LogP contribution in [0.15, 0.2) is 71.5 Å². The molecule has 0 bridgehead atoms. The maximum absolute atomic E-state index is 12.4. The molecule has 1 amide bonds. The number of nitrogens with zero attached hydrogens (tertiary/aromatic N) is 1. The average Bonchev–Trinajstić information content (AvgIpc) is 3.06. The van der Waals surface area contributed by atoms with Gasteiger partial charge in [-0.05, 0) is 49.8 Å². The van der Waals surface area contributed by atoms with Crippen molar-refractivity contribution in [3.05, 3.63) is 88.2 Å². The van der Waals surface area contributed by atoms with E-state index in [4.69, 9.17) is 4.74 Å². The number of alkyl carbamates (subject to hydrolysis) is 1. The van der Waals surface area contributed by atoms with E-state index in [0.29, 0.717) is 5.56 Å². The monoisotopic (exact) mass is 466 g/mol. The normalized spacial score (nSPS) is 13.2. The first-order valence-electron chi connectivity index (χ1n) is 9.46. The molecule has 2 N–H and O–H groups in total. The molecule has 0 radical (unpaired) electrons. The van der Waals surface area contributed by atoms with Crippen LogP contribution in [0.1, 0.15) is 22.6 Å². The van der Waals surface area contributed by atoms with Gasteiger partial charge < -0.3 is 15.2 Å². The number of carboxylic acid groups (broad SMARTS) is 1. The summed E-state index contributed by atoms with van der Waals surface area (Å²) in [7, 11) is 0. The average molecular weight is 467 g/mol. The Hall–Kier alpha value is -3.19. The lowest BCUT2D eigenvalue weighted by molar-refractivity contribution is -0.139. The molecule has 0 saturated heterocycles. The standard InChI is InChI=1S/C23H19BrN2O4/c24-15-9-14(11-25-12-15)10-21(22(27)28)26-23(29)30-13-20-18-7-3-1-5-16(18)17-6-2-4-8-19(17)20/h1-9,11-12,20-21H,10,13H2,(H,26,29)(H,27,28). The maximum atomic E-state index is 12.4. The molecule has 4 rings (SSSR count). The molecule has 0 fully saturated rings. The van der Waals surface area contributed by atoms with Crippen LogP contribution in [0, 0.1) is 0 Å². The number of rotatable bonds is 6. The lowest BCUT2D eigenvalue weighted by Gasteiger charge is -2.17. The fourth-order valence-electron chi connectivity index (χ4n) is 3.79. The van der Waals surface area contributed by atoms with Crippen molar-refractivity contribution < 1.29 is 19.4 Å². The molecule has 0 spiro atoms. The van der Waals surface area contributed by atoms with Crippen LogP contribution in [0.4, 0.5) is 4.79 Å². The van der Waals surface area contributed by atoms with E-state index in [1.807, 2.05) is 36.4 Å². The topological polar surface area (TPSA) is 88.5 Å². The van der Waals surface area contributed by atoms with E-state index in [2.05, 4.69) is 38.4 Å². The molecule has 1 unspecified atom stereocenters. The molecule has 152 valence electrons. The fraction of sp³-hybridized carbons (Fsp3) is 0.174. The highest BCUT2D eigenvalue weighted by Crippen LogP contribution is 2.44. The number of aliphatic carboxylic acids is 1. The Morgan fingerprint density at radius 3 is 2.30 bits per heavy atom. The first kappa shape index (κ1) is 20.1. The zero-order valence-electron chi connectivity index (χ0n) is 15.9. The summed E-state index contributed by atoms with van der Waals surface area (Å²) in [5, 5.41) is 11.9. The number of carboxylic acids is 1. The van der Waals surface area contributed by atoms with Gasteiger partial charge in [0.15, 0.2) is 0 Å². The van der Waals surface area contributed by atoms with E-state index in [-0.39, 0.29) is 18.9 Å². The molecule has 1 aliphatic carbocycles. The fourth-order valence-corrected chi connectivity index (χ4v) is 4.20. The number of hydrogen-bond donors (Lipinski definition) is 2. The number of amides is 1. The maximum Gasteiger partial charge on any atom is 0.407 e. The van der Waals surface area contributed by atoms with E-state index in [0.717, 1.165) is 26.7 Å². The predicted octanol–water partition coefficient (Wildman–Crippen LogP) is 4.38. The van der Waals surface area contributed by atoms with E-state index in [1.54, 1.807) is 18.5 Å². The molecule has 3 aromatic rings. The Balaban J connectivity index is 1.43. The third kappa shape index (κ3) is 4.21. The summed E-state index contributed by atoms with van der Waals surface area (Å²) in [5.41, 5.74) is 5.15. The van der Waals surface area contributed by atoms with Crippen molar-refractivity contribution in [3.8, 4) is 11.1 Å². The number of pyridine rings is 1. The van der Waals surface area contributed by atoms with E-state index < -0.39 is 18.1 Å². The molecule has 30 heavy (non-hydrogen) atoms. The minimum Gasteiger partial charge on any atom is -0.480 e. The summed E-state index contributed by atoms with van der Waals surface area (Å²) >= 11 is 3.31. The molecule has 1 atom stereocenters. The summed E-state index contributed by atoms with van der Waals surface area (Å²) in [6, 6.07) is 16.7. The van der Waals surface area contributed by atoms with Crippen molar-refractivity contribution in [2.24, 2.45) is 0 Å². The molecule has 1 aromatic heterocycles. The molecular formula is C23H19BrN2O4. The highest BCUT2D eigenvalue weighted by Gasteiger charge is 2.29. The second-order valence-corrected chi connectivity index (χ2v) is 7.99. The highest BCUT2D eigenvalue weighted by molar-refractivity contribution is 9.10. The number of benzene rings is 2. The van der Waals surface area contributed by atoms with Crippen molar-refractivity contribution in [2.75, 3.05) is 6.61 Å². The molecule has 0 saturated carbocycles. The molecule has 1 heterocycles. The van der Waals surface area contributed by atoms with Crippen LogP contribution in [0.3, 0.4) is 0 Å². The zero-order chi connectivity index (χ0) is 21.1. The Labute approximate surface area is 182 Å². The minimum atomic E-state index is -1.14. The number of aromatic nitrogens is 1. The number of carbonyl (C=O) groups excluding carboxylic acids is 1. The number of nitrogens with one attached hydrogen (secondary N) is 1. The summed E-state index contributed by atoms with van der Waals surface area (Å²) in [6.45, 7) is 0.130. The lowest BCUT2D eigenvalue weighted by Crippen LogP contribution is -2.42.